The number of anilines is 1. The van der Waals surface area contributed by atoms with Crippen molar-refractivity contribution >= 4 is 35.1 Å². The Morgan fingerprint density at radius 1 is 0.941 bits per heavy atom. The van der Waals surface area contributed by atoms with E-state index in [4.69, 9.17) is 5.26 Å². The molecule has 0 fully saturated rings. The zero-order valence-electron chi connectivity index (χ0n) is 17.6. The third-order valence-electron chi connectivity index (χ3n) is 4.61. The molecular formula is C24H17F2N5OS2. The van der Waals surface area contributed by atoms with E-state index in [0.717, 1.165) is 4.90 Å². The highest BCUT2D eigenvalue weighted by atomic mass is 32.2. The van der Waals surface area contributed by atoms with Gasteiger partial charge in [-0.3, -0.25) is 9.36 Å². The first-order valence-electron chi connectivity index (χ1n) is 10.0. The summed E-state index contributed by atoms with van der Waals surface area (Å²) in [6, 6.07) is 20.9. The van der Waals surface area contributed by atoms with E-state index in [0.29, 0.717) is 27.9 Å². The fourth-order valence-corrected chi connectivity index (χ4v) is 4.52. The van der Waals surface area contributed by atoms with Gasteiger partial charge in [-0.15, -0.1) is 22.0 Å². The number of hydrogen-bond donors (Lipinski definition) is 1. The zero-order chi connectivity index (χ0) is 23.9. The van der Waals surface area contributed by atoms with Gasteiger partial charge in [-0.05, 0) is 60.7 Å². The summed E-state index contributed by atoms with van der Waals surface area (Å²) in [5.74, 6) is -0.272. The van der Waals surface area contributed by atoms with Gasteiger partial charge in [0.05, 0.1) is 23.3 Å². The van der Waals surface area contributed by atoms with E-state index in [2.05, 4.69) is 21.6 Å². The van der Waals surface area contributed by atoms with Gasteiger partial charge < -0.3 is 5.32 Å². The van der Waals surface area contributed by atoms with E-state index in [-0.39, 0.29) is 29.0 Å². The predicted octanol–water partition coefficient (Wildman–Crippen LogP) is 5.56. The van der Waals surface area contributed by atoms with Crippen molar-refractivity contribution in [2.45, 2.75) is 10.1 Å². The molecule has 0 aliphatic carbocycles. The number of para-hydroxylation sites is 1. The largest absolute Gasteiger partial charge is 0.324 e. The van der Waals surface area contributed by atoms with Crippen LogP contribution in [0.3, 0.4) is 0 Å². The van der Waals surface area contributed by atoms with E-state index in [9.17, 15) is 13.6 Å². The fraction of sp³-hybridized carbons (Fsp3) is 0.0833. The molecule has 170 valence electrons. The first kappa shape index (κ1) is 23.5. The van der Waals surface area contributed by atoms with Crippen LogP contribution in [0.25, 0.3) is 17.1 Å². The summed E-state index contributed by atoms with van der Waals surface area (Å²) in [5, 5.41) is 20.6. The number of benzene rings is 3. The molecule has 0 saturated heterocycles. The molecule has 10 heteroatoms. The predicted molar refractivity (Wildman–Crippen MR) is 129 cm³/mol. The lowest BCUT2D eigenvalue weighted by molar-refractivity contribution is -0.113. The monoisotopic (exact) mass is 493 g/mol. The summed E-state index contributed by atoms with van der Waals surface area (Å²) in [6.07, 6.45) is 0. The van der Waals surface area contributed by atoms with Crippen molar-refractivity contribution < 1.29 is 13.6 Å². The van der Waals surface area contributed by atoms with Crippen LogP contribution in [0.15, 0.2) is 82.8 Å². The van der Waals surface area contributed by atoms with Crippen LogP contribution in [0.2, 0.25) is 0 Å². The molecule has 0 unspecified atom stereocenters. The second kappa shape index (κ2) is 11.0. The smallest absolute Gasteiger partial charge is 0.234 e. The zero-order valence-corrected chi connectivity index (χ0v) is 19.2. The third kappa shape index (κ3) is 5.62. The maximum Gasteiger partial charge on any atom is 0.234 e. The van der Waals surface area contributed by atoms with Gasteiger partial charge in [0.25, 0.3) is 0 Å². The molecule has 0 atom stereocenters. The van der Waals surface area contributed by atoms with Crippen molar-refractivity contribution in [1.29, 1.82) is 5.26 Å². The quantitative estimate of drug-likeness (QED) is 0.324. The van der Waals surface area contributed by atoms with Gasteiger partial charge in [0.2, 0.25) is 5.91 Å². The van der Waals surface area contributed by atoms with Gasteiger partial charge in [-0.1, -0.05) is 23.9 Å². The van der Waals surface area contributed by atoms with Crippen molar-refractivity contribution in [3.63, 3.8) is 0 Å². The van der Waals surface area contributed by atoms with E-state index in [1.807, 2.05) is 12.1 Å². The molecule has 6 nitrogen and oxygen atoms in total. The van der Waals surface area contributed by atoms with E-state index in [1.165, 1.54) is 47.8 Å². The average molecular weight is 494 g/mol. The molecule has 1 aromatic heterocycles. The average Bonchev–Trinajstić information content (AvgIpc) is 3.27. The van der Waals surface area contributed by atoms with Crippen molar-refractivity contribution in [3.8, 4) is 23.1 Å². The highest BCUT2D eigenvalue weighted by molar-refractivity contribution is 8.00. The van der Waals surface area contributed by atoms with Gasteiger partial charge >= 0.3 is 0 Å². The number of rotatable bonds is 8. The minimum atomic E-state index is -0.387. The highest BCUT2D eigenvalue weighted by Crippen LogP contribution is 2.30. The Morgan fingerprint density at radius 2 is 1.62 bits per heavy atom. The molecule has 1 N–H and O–H groups in total. The van der Waals surface area contributed by atoms with E-state index < -0.39 is 0 Å². The Hall–Kier alpha value is -3.68. The number of halogens is 2. The van der Waals surface area contributed by atoms with Crippen LogP contribution >= 0.6 is 23.5 Å². The summed E-state index contributed by atoms with van der Waals surface area (Å²) in [4.78, 5) is 13.5. The van der Waals surface area contributed by atoms with Crippen LogP contribution in [0, 0.1) is 23.0 Å². The van der Waals surface area contributed by atoms with Gasteiger partial charge in [-0.25, -0.2) is 8.78 Å². The Kier molecular flexibility index (Phi) is 7.57. The first-order valence-corrected chi connectivity index (χ1v) is 12.0. The number of nitrogens with one attached hydrogen (secondary N) is 1. The normalized spacial score (nSPS) is 10.6. The van der Waals surface area contributed by atoms with Crippen LogP contribution in [0.4, 0.5) is 14.5 Å². The lowest BCUT2D eigenvalue weighted by atomic mass is 10.2. The standard InChI is InChI=1S/C24H17F2N5OS2/c25-17-7-5-16(6-8-17)23-29-30-24(31(23)19-11-9-18(26)10-12-19)34-15-22(32)28-20-3-1-2-4-21(20)33-14-13-27/h1-12H,14-15H2,(H,28,32). The molecule has 34 heavy (non-hydrogen) atoms. The fourth-order valence-electron chi connectivity index (χ4n) is 3.09. The minimum absolute atomic E-state index is 0.0417. The summed E-state index contributed by atoms with van der Waals surface area (Å²) in [5.41, 5.74) is 1.85. The van der Waals surface area contributed by atoms with Crippen molar-refractivity contribution in [1.82, 2.24) is 14.8 Å². The lowest BCUT2D eigenvalue weighted by Gasteiger charge is -2.11. The molecule has 4 aromatic rings. The molecule has 0 aliphatic rings. The molecule has 1 heterocycles. The molecule has 0 aliphatic heterocycles. The topological polar surface area (TPSA) is 83.6 Å². The lowest BCUT2D eigenvalue weighted by Crippen LogP contribution is -2.15. The molecule has 4 rings (SSSR count). The number of amides is 1. The highest BCUT2D eigenvalue weighted by Gasteiger charge is 2.18. The van der Waals surface area contributed by atoms with Crippen molar-refractivity contribution in [2.75, 3.05) is 16.8 Å². The molecule has 0 spiro atoms. The maximum absolute atomic E-state index is 13.5. The van der Waals surface area contributed by atoms with Gasteiger partial charge in [0, 0.05) is 16.1 Å². The number of hydrogen-bond acceptors (Lipinski definition) is 6. The van der Waals surface area contributed by atoms with E-state index >= 15 is 0 Å². The van der Waals surface area contributed by atoms with Crippen LogP contribution in [0.5, 0.6) is 0 Å². The van der Waals surface area contributed by atoms with Gasteiger partial charge in [0.15, 0.2) is 11.0 Å². The van der Waals surface area contributed by atoms with Crippen molar-refractivity contribution in [2.24, 2.45) is 0 Å². The van der Waals surface area contributed by atoms with Gasteiger partial charge in [0.1, 0.15) is 11.6 Å². The van der Waals surface area contributed by atoms with Crippen molar-refractivity contribution in [3.05, 3.63) is 84.4 Å². The second-order valence-corrected chi connectivity index (χ2v) is 8.86. The Morgan fingerprint density at radius 3 is 2.32 bits per heavy atom. The number of nitrogens with zero attached hydrogens (tertiary/aromatic N) is 4. The van der Waals surface area contributed by atoms with Crippen LogP contribution in [-0.2, 0) is 4.79 Å². The Balaban J connectivity index is 1.56. The maximum atomic E-state index is 13.5. The number of carbonyl (C=O) groups is 1. The van der Waals surface area contributed by atoms with Crippen LogP contribution in [0.1, 0.15) is 0 Å². The molecule has 0 bridgehead atoms. The Bertz CT molecular complexity index is 1330. The summed E-state index contributed by atoms with van der Waals surface area (Å²) in [7, 11) is 0. The molecule has 1 amide bonds. The molecule has 0 saturated carbocycles. The first-order chi connectivity index (χ1) is 16.5. The van der Waals surface area contributed by atoms with Crippen LogP contribution in [-0.4, -0.2) is 32.2 Å². The van der Waals surface area contributed by atoms with Gasteiger partial charge in [-0.2, -0.15) is 5.26 Å². The molecule has 0 radical (unpaired) electrons. The summed E-state index contributed by atoms with van der Waals surface area (Å²) in [6.45, 7) is 0. The molecule has 3 aromatic carbocycles. The molecular weight excluding hydrogens is 476 g/mol. The van der Waals surface area contributed by atoms with Crippen LogP contribution < -0.4 is 5.32 Å². The minimum Gasteiger partial charge on any atom is -0.324 e. The van der Waals surface area contributed by atoms with E-state index in [1.54, 1.807) is 41.0 Å². The number of carbonyl (C=O) groups excluding carboxylic acids is 1. The second-order valence-electron chi connectivity index (χ2n) is 6.90. The summed E-state index contributed by atoms with van der Waals surface area (Å²) >= 11 is 2.51. The summed E-state index contributed by atoms with van der Waals surface area (Å²) < 4.78 is 28.6. The SMILES string of the molecule is N#CCSc1ccccc1NC(=O)CSc1nnc(-c2ccc(F)cc2)n1-c1ccc(F)cc1. The Labute approximate surface area is 203 Å². The number of thioether (sulfide) groups is 2. The number of aromatic nitrogens is 3. The number of nitriles is 1. The third-order valence-corrected chi connectivity index (χ3v) is 6.48.